The number of nitrogens with zero attached hydrogens (tertiary/aromatic N) is 1. The van der Waals surface area contributed by atoms with Gasteiger partial charge in [-0.2, -0.15) is 0 Å². The van der Waals surface area contributed by atoms with E-state index >= 15 is 0 Å². The van der Waals surface area contributed by atoms with Gasteiger partial charge in [-0.25, -0.2) is 4.98 Å². The fourth-order valence-electron chi connectivity index (χ4n) is 2.72. The van der Waals surface area contributed by atoms with Gasteiger partial charge >= 0.3 is 0 Å². The van der Waals surface area contributed by atoms with Crippen LogP contribution in [0.2, 0.25) is 0 Å². The number of aryl methyl sites for hydroxylation is 1. The second-order valence-corrected chi connectivity index (χ2v) is 7.69. The average Bonchev–Trinajstić information content (AvgIpc) is 2.60. The van der Waals surface area contributed by atoms with Crippen LogP contribution in [-0.2, 0) is 16.0 Å². The summed E-state index contributed by atoms with van der Waals surface area (Å²) in [5.74, 6) is 0.787. The van der Waals surface area contributed by atoms with Crippen molar-refractivity contribution >= 4 is 23.2 Å². The van der Waals surface area contributed by atoms with E-state index in [1.54, 1.807) is 31.2 Å². The second-order valence-electron chi connectivity index (χ2n) is 7.69. The summed E-state index contributed by atoms with van der Waals surface area (Å²) in [7, 11) is 0. The summed E-state index contributed by atoms with van der Waals surface area (Å²) in [5, 5.41) is 5.60. The van der Waals surface area contributed by atoms with E-state index in [2.05, 4.69) is 15.6 Å². The first-order valence-corrected chi connectivity index (χ1v) is 9.26. The Morgan fingerprint density at radius 3 is 2.82 bits per heavy atom. The SMILES string of the molecule is CC1Oc2ccc(NC(=O)CCc3cccc(OC(C)(C)C)n3)cc2NC1=O. The van der Waals surface area contributed by atoms with Crippen molar-refractivity contribution in [1.82, 2.24) is 4.98 Å². The van der Waals surface area contributed by atoms with Gasteiger partial charge in [-0.05, 0) is 58.4 Å². The summed E-state index contributed by atoms with van der Waals surface area (Å²) in [4.78, 5) is 28.5. The average molecular weight is 383 g/mol. The topological polar surface area (TPSA) is 89.6 Å². The van der Waals surface area contributed by atoms with Crippen molar-refractivity contribution in [2.24, 2.45) is 0 Å². The fourth-order valence-corrected chi connectivity index (χ4v) is 2.72. The molecule has 1 unspecified atom stereocenters. The maximum absolute atomic E-state index is 12.3. The van der Waals surface area contributed by atoms with Crippen LogP contribution in [0, 0.1) is 0 Å². The summed E-state index contributed by atoms with van der Waals surface area (Å²) in [6.07, 6.45) is 0.247. The summed E-state index contributed by atoms with van der Waals surface area (Å²) >= 11 is 0. The Labute approximate surface area is 164 Å². The minimum atomic E-state index is -0.529. The lowest BCUT2D eigenvalue weighted by molar-refractivity contribution is -0.122. The van der Waals surface area contributed by atoms with Crippen molar-refractivity contribution in [3.63, 3.8) is 0 Å². The Morgan fingerprint density at radius 2 is 2.07 bits per heavy atom. The first-order chi connectivity index (χ1) is 13.2. The van der Waals surface area contributed by atoms with Crippen LogP contribution < -0.4 is 20.1 Å². The van der Waals surface area contributed by atoms with Crippen LogP contribution in [0.1, 0.15) is 39.8 Å². The number of hydrogen-bond donors (Lipinski definition) is 2. The number of ether oxygens (including phenoxy) is 2. The number of benzene rings is 1. The standard InChI is InChI=1S/C21H25N3O4/c1-13-20(26)24-16-12-15(8-10-17(16)27-13)22-18(25)11-9-14-6-5-7-19(23-14)28-21(2,3)4/h5-8,10,12-13H,9,11H2,1-4H3,(H,22,25)(H,24,26). The molecule has 1 aromatic carbocycles. The number of amides is 2. The highest BCUT2D eigenvalue weighted by Gasteiger charge is 2.23. The van der Waals surface area contributed by atoms with Gasteiger partial charge in [0.05, 0.1) is 5.69 Å². The molecule has 1 aromatic heterocycles. The second kappa shape index (κ2) is 7.88. The Kier molecular flexibility index (Phi) is 5.53. The van der Waals surface area contributed by atoms with E-state index in [1.165, 1.54) is 0 Å². The number of aromatic nitrogens is 1. The van der Waals surface area contributed by atoms with Crippen molar-refractivity contribution in [3.8, 4) is 11.6 Å². The van der Waals surface area contributed by atoms with Crippen LogP contribution in [0.25, 0.3) is 0 Å². The molecule has 28 heavy (non-hydrogen) atoms. The lowest BCUT2D eigenvalue weighted by atomic mass is 10.2. The fraction of sp³-hybridized carbons (Fsp3) is 0.381. The van der Waals surface area contributed by atoms with Gasteiger partial charge in [0.2, 0.25) is 11.8 Å². The van der Waals surface area contributed by atoms with E-state index in [9.17, 15) is 9.59 Å². The third kappa shape index (κ3) is 5.22. The molecule has 1 aliphatic rings. The van der Waals surface area contributed by atoms with E-state index in [0.29, 0.717) is 29.4 Å². The van der Waals surface area contributed by atoms with Crippen molar-refractivity contribution in [1.29, 1.82) is 0 Å². The maximum Gasteiger partial charge on any atom is 0.265 e. The lowest BCUT2D eigenvalue weighted by Crippen LogP contribution is -2.34. The van der Waals surface area contributed by atoms with E-state index in [1.807, 2.05) is 32.9 Å². The van der Waals surface area contributed by atoms with Gasteiger partial charge in [0.15, 0.2) is 6.10 Å². The van der Waals surface area contributed by atoms with Gasteiger partial charge in [-0.1, -0.05) is 6.07 Å². The van der Waals surface area contributed by atoms with Crippen LogP contribution in [0.3, 0.4) is 0 Å². The zero-order valence-corrected chi connectivity index (χ0v) is 16.5. The monoisotopic (exact) mass is 383 g/mol. The molecule has 2 heterocycles. The molecule has 2 aromatic rings. The minimum absolute atomic E-state index is 0.139. The van der Waals surface area contributed by atoms with Crippen LogP contribution in [-0.4, -0.2) is 28.5 Å². The molecule has 7 nitrogen and oxygen atoms in total. The third-order valence-electron chi connectivity index (χ3n) is 3.99. The van der Waals surface area contributed by atoms with E-state index < -0.39 is 6.10 Å². The third-order valence-corrected chi connectivity index (χ3v) is 3.99. The molecule has 1 aliphatic heterocycles. The highest BCUT2D eigenvalue weighted by Crippen LogP contribution is 2.32. The lowest BCUT2D eigenvalue weighted by Gasteiger charge is -2.23. The zero-order chi connectivity index (χ0) is 20.3. The highest BCUT2D eigenvalue weighted by atomic mass is 16.5. The molecular formula is C21H25N3O4. The zero-order valence-electron chi connectivity index (χ0n) is 16.5. The van der Waals surface area contributed by atoms with E-state index in [-0.39, 0.29) is 23.8 Å². The van der Waals surface area contributed by atoms with E-state index in [0.717, 1.165) is 5.69 Å². The van der Waals surface area contributed by atoms with Crippen molar-refractivity contribution in [2.45, 2.75) is 52.2 Å². The van der Waals surface area contributed by atoms with Gasteiger partial charge < -0.3 is 20.1 Å². The first kappa shape index (κ1) is 19.7. The molecule has 2 N–H and O–H groups in total. The number of carbonyl (C=O) groups is 2. The van der Waals surface area contributed by atoms with Crippen molar-refractivity contribution < 1.29 is 19.1 Å². The number of hydrogen-bond acceptors (Lipinski definition) is 5. The number of rotatable bonds is 5. The molecule has 1 atom stereocenters. The number of pyridine rings is 1. The number of anilines is 2. The van der Waals surface area contributed by atoms with Gasteiger partial charge in [-0.15, -0.1) is 0 Å². The Balaban J connectivity index is 1.57. The Hall–Kier alpha value is -3.09. The summed E-state index contributed by atoms with van der Waals surface area (Å²) in [5.41, 5.74) is 1.61. The highest BCUT2D eigenvalue weighted by molar-refractivity contribution is 5.99. The van der Waals surface area contributed by atoms with Crippen LogP contribution >= 0.6 is 0 Å². The van der Waals surface area contributed by atoms with Crippen LogP contribution in [0.4, 0.5) is 11.4 Å². The molecule has 0 saturated heterocycles. The van der Waals surface area contributed by atoms with Gasteiger partial charge in [0.25, 0.3) is 5.91 Å². The largest absolute Gasteiger partial charge is 0.479 e. The Bertz CT molecular complexity index is 889. The summed E-state index contributed by atoms with van der Waals surface area (Å²) in [6, 6.07) is 10.7. The van der Waals surface area contributed by atoms with E-state index in [4.69, 9.17) is 9.47 Å². The summed E-state index contributed by atoms with van der Waals surface area (Å²) < 4.78 is 11.3. The summed E-state index contributed by atoms with van der Waals surface area (Å²) in [6.45, 7) is 7.56. The number of fused-ring (bicyclic) bond motifs is 1. The van der Waals surface area contributed by atoms with Crippen molar-refractivity contribution in [3.05, 3.63) is 42.1 Å². The number of nitrogens with one attached hydrogen (secondary N) is 2. The van der Waals surface area contributed by atoms with Gasteiger partial charge in [-0.3, -0.25) is 9.59 Å². The van der Waals surface area contributed by atoms with Crippen molar-refractivity contribution in [2.75, 3.05) is 10.6 Å². The predicted octanol–water partition coefficient (Wildman–Crippen LogP) is 3.55. The normalized spacial score (nSPS) is 15.9. The minimum Gasteiger partial charge on any atom is -0.479 e. The molecule has 0 bridgehead atoms. The molecular weight excluding hydrogens is 358 g/mol. The van der Waals surface area contributed by atoms with Gasteiger partial charge in [0.1, 0.15) is 11.4 Å². The number of carbonyl (C=O) groups excluding carboxylic acids is 2. The molecule has 0 fully saturated rings. The maximum atomic E-state index is 12.3. The van der Waals surface area contributed by atoms with Gasteiger partial charge in [0, 0.05) is 23.9 Å². The van der Waals surface area contributed by atoms with Crippen LogP contribution in [0.5, 0.6) is 11.6 Å². The molecule has 7 heteroatoms. The predicted molar refractivity (Wildman–Crippen MR) is 107 cm³/mol. The first-order valence-electron chi connectivity index (χ1n) is 9.26. The molecule has 0 radical (unpaired) electrons. The quantitative estimate of drug-likeness (QED) is 0.824. The molecule has 148 valence electrons. The molecule has 2 amide bonds. The van der Waals surface area contributed by atoms with Crippen LogP contribution in [0.15, 0.2) is 36.4 Å². The smallest absolute Gasteiger partial charge is 0.265 e. The Morgan fingerprint density at radius 1 is 1.29 bits per heavy atom. The molecule has 0 saturated carbocycles. The molecule has 0 aliphatic carbocycles. The molecule has 0 spiro atoms. The molecule has 3 rings (SSSR count).